The largest absolute Gasteiger partial charge is 0.465 e. The third-order valence-electron chi connectivity index (χ3n) is 6.21. The normalized spacial score (nSPS) is 13.2. The number of nitrogens with zero attached hydrogens (tertiary/aromatic N) is 2. The lowest BCUT2D eigenvalue weighted by molar-refractivity contribution is -0.115. The van der Waals surface area contributed by atoms with E-state index in [0.717, 1.165) is 58.1 Å². The second-order valence-electron chi connectivity index (χ2n) is 8.89. The summed E-state index contributed by atoms with van der Waals surface area (Å²) in [6, 6.07) is 5.22. The Morgan fingerprint density at radius 3 is 2.62 bits per heavy atom. The molecule has 0 spiro atoms. The Hall–Kier alpha value is -3.00. The molecule has 1 N–H and O–H groups in total. The van der Waals surface area contributed by atoms with Crippen molar-refractivity contribution in [1.82, 2.24) is 4.57 Å². The van der Waals surface area contributed by atoms with Gasteiger partial charge in [0.25, 0.3) is 5.91 Å². The van der Waals surface area contributed by atoms with Crippen molar-refractivity contribution >= 4 is 73.4 Å². The maximum absolute atomic E-state index is 12.7. The first-order chi connectivity index (χ1) is 19.4. The summed E-state index contributed by atoms with van der Waals surface area (Å²) in [5, 5.41) is 3.35. The van der Waals surface area contributed by atoms with Crippen LogP contribution in [0, 0.1) is 0 Å². The van der Waals surface area contributed by atoms with E-state index in [9.17, 15) is 19.2 Å². The van der Waals surface area contributed by atoms with Gasteiger partial charge < -0.3 is 24.1 Å². The highest BCUT2D eigenvalue weighted by molar-refractivity contribution is 8.00. The van der Waals surface area contributed by atoms with Crippen molar-refractivity contribution in [2.45, 2.75) is 39.2 Å². The molecule has 0 saturated carbocycles. The van der Waals surface area contributed by atoms with Crippen LogP contribution in [-0.2, 0) is 43.2 Å². The monoisotopic (exact) mass is 605 g/mol. The Bertz CT molecular complexity index is 1490. The lowest BCUT2D eigenvalue weighted by Gasteiger charge is -2.11. The number of carbonyl (C=O) groups excluding carboxylic acids is 4. The highest BCUT2D eigenvalue weighted by Gasteiger charge is 2.27. The van der Waals surface area contributed by atoms with Gasteiger partial charge in [-0.1, -0.05) is 11.3 Å². The number of anilines is 1. The number of ether oxygens (including phenoxy) is 3. The third kappa shape index (κ3) is 7.00. The number of aryl methyl sites for hydroxylation is 1. The summed E-state index contributed by atoms with van der Waals surface area (Å²) in [5.74, 6) is -1.51. The van der Waals surface area contributed by atoms with Gasteiger partial charge in [0.2, 0.25) is 5.91 Å². The smallest absolute Gasteiger partial charge is 0.341 e. The van der Waals surface area contributed by atoms with E-state index in [1.54, 1.807) is 32.2 Å². The van der Waals surface area contributed by atoms with Gasteiger partial charge in [-0.05, 0) is 56.4 Å². The van der Waals surface area contributed by atoms with E-state index >= 15 is 0 Å². The van der Waals surface area contributed by atoms with Crippen molar-refractivity contribution in [1.29, 1.82) is 0 Å². The van der Waals surface area contributed by atoms with Crippen molar-refractivity contribution in [2.24, 2.45) is 4.99 Å². The van der Waals surface area contributed by atoms with Crippen molar-refractivity contribution < 1.29 is 33.4 Å². The van der Waals surface area contributed by atoms with E-state index in [4.69, 9.17) is 14.2 Å². The maximum atomic E-state index is 12.7. The van der Waals surface area contributed by atoms with Crippen LogP contribution in [0.4, 0.5) is 5.00 Å². The second-order valence-corrected chi connectivity index (χ2v) is 12.0. The first kappa shape index (κ1) is 30.0. The average Bonchev–Trinajstić information content (AvgIpc) is 3.47. The molecule has 0 atom stereocenters. The SMILES string of the molecule is CCOC(=O)c1ccc2c(c1)sc(=NC(=O)CSCC(=O)Nc1sc3c(c1C(=O)OC)CCCC3)n2CCOC. The fraction of sp³-hybridized carbons (Fsp3) is 0.444. The first-order valence-corrected chi connectivity index (χ1v) is 15.6. The molecule has 2 heterocycles. The number of thiophene rings is 1. The molecule has 214 valence electrons. The standard InChI is InChI=1S/C27H31N3O7S3/c1-4-37-25(33)16-9-10-18-20(13-16)40-27(30(18)11-12-35-2)29-22(32)15-38-14-21(31)28-24-23(26(34)36-3)17-7-5-6-8-19(17)39-24/h9-10,13H,4-8,11-12,14-15H2,1-3H3,(H,28,31). The molecule has 1 aromatic carbocycles. The summed E-state index contributed by atoms with van der Waals surface area (Å²) in [6.07, 6.45) is 3.74. The molecule has 1 aliphatic rings. The van der Waals surface area contributed by atoms with Crippen LogP contribution >= 0.6 is 34.4 Å². The number of benzene rings is 1. The van der Waals surface area contributed by atoms with E-state index in [1.807, 2.05) is 4.57 Å². The minimum Gasteiger partial charge on any atom is -0.465 e. The third-order valence-corrected chi connectivity index (χ3v) is 9.37. The Morgan fingerprint density at radius 2 is 1.88 bits per heavy atom. The number of thioether (sulfide) groups is 1. The number of carbonyl (C=O) groups is 4. The minimum absolute atomic E-state index is 0.00478. The second kappa shape index (κ2) is 14.1. The molecule has 10 nitrogen and oxygen atoms in total. The molecule has 2 aromatic heterocycles. The number of hydrogen-bond donors (Lipinski definition) is 1. The highest BCUT2D eigenvalue weighted by atomic mass is 32.2. The lowest BCUT2D eigenvalue weighted by Crippen LogP contribution is -2.20. The van der Waals surface area contributed by atoms with Crippen LogP contribution in [0.15, 0.2) is 23.2 Å². The van der Waals surface area contributed by atoms with E-state index < -0.39 is 11.9 Å². The van der Waals surface area contributed by atoms with Crippen LogP contribution in [0.2, 0.25) is 0 Å². The number of aromatic nitrogens is 1. The number of fused-ring (bicyclic) bond motifs is 2. The van der Waals surface area contributed by atoms with Gasteiger partial charge in [-0.2, -0.15) is 4.99 Å². The molecule has 0 saturated heterocycles. The molecular weight excluding hydrogens is 575 g/mol. The Kier molecular flexibility index (Phi) is 10.5. The molecule has 0 aliphatic heterocycles. The van der Waals surface area contributed by atoms with Crippen molar-refractivity contribution in [2.75, 3.05) is 44.3 Å². The molecular formula is C27H31N3O7S3. The van der Waals surface area contributed by atoms with Gasteiger partial charge in [0, 0.05) is 18.5 Å². The van der Waals surface area contributed by atoms with Gasteiger partial charge in [-0.15, -0.1) is 23.1 Å². The van der Waals surface area contributed by atoms with Gasteiger partial charge in [0.1, 0.15) is 5.00 Å². The fourth-order valence-corrected chi connectivity index (χ4v) is 7.41. The van der Waals surface area contributed by atoms with E-state index in [1.165, 1.54) is 29.8 Å². The van der Waals surface area contributed by atoms with E-state index in [-0.39, 0.29) is 29.9 Å². The van der Waals surface area contributed by atoms with Crippen molar-refractivity contribution in [3.05, 3.63) is 44.6 Å². The summed E-state index contributed by atoms with van der Waals surface area (Å²) in [6.45, 7) is 2.92. The summed E-state index contributed by atoms with van der Waals surface area (Å²) < 4.78 is 17.9. The Balaban J connectivity index is 1.44. The van der Waals surface area contributed by atoms with Crippen LogP contribution in [-0.4, -0.2) is 67.3 Å². The molecule has 0 unspecified atom stereocenters. The van der Waals surface area contributed by atoms with Crippen LogP contribution in [0.1, 0.15) is 50.9 Å². The molecule has 0 bridgehead atoms. The number of methoxy groups -OCH3 is 2. The zero-order chi connectivity index (χ0) is 28.6. The fourth-order valence-electron chi connectivity index (χ4n) is 4.40. The number of nitrogens with one attached hydrogen (secondary N) is 1. The van der Waals surface area contributed by atoms with Gasteiger partial charge in [-0.3, -0.25) is 9.59 Å². The number of rotatable bonds is 11. The zero-order valence-electron chi connectivity index (χ0n) is 22.6. The van der Waals surface area contributed by atoms with Crippen LogP contribution in [0.3, 0.4) is 0 Å². The molecule has 0 radical (unpaired) electrons. The molecule has 1 aliphatic carbocycles. The van der Waals surface area contributed by atoms with Crippen molar-refractivity contribution in [3.8, 4) is 0 Å². The number of thiazole rings is 1. The Morgan fingerprint density at radius 1 is 1.07 bits per heavy atom. The van der Waals surface area contributed by atoms with Gasteiger partial charge in [-0.25, -0.2) is 9.59 Å². The predicted molar refractivity (Wildman–Crippen MR) is 156 cm³/mol. The first-order valence-electron chi connectivity index (χ1n) is 12.8. The molecule has 3 aromatic rings. The van der Waals surface area contributed by atoms with Gasteiger partial charge in [0.15, 0.2) is 4.80 Å². The molecule has 13 heteroatoms. The number of amides is 2. The van der Waals surface area contributed by atoms with Gasteiger partial charge >= 0.3 is 11.9 Å². The lowest BCUT2D eigenvalue weighted by atomic mass is 9.95. The van der Waals surface area contributed by atoms with Crippen LogP contribution in [0.25, 0.3) is 10.2 Å². The molecule has 2 amide bonds. The summed E-state index contributed by atoms with van der Waals surface area (Å²) in [5.41, 5.74) is 2.67. The summed E-state index contributed by atoms with van der Waals surface area (Å²) in [4.78, 5) is 55.9. The van der Waals surface area contributed by atoms with Gasteiger partial charge in [0.05, 0.1) is 53.2 Å². The highest BCUT2D eigenvalue weighted by Crippen LogP contribution is 2.38. The molecule has 4 rings (SSSR count). The Labute approximate surface area is 243 Å². The zero-order valence-corrected chi connectivity index (χ0v) is 25.0. The molecule has 40 heavy (non-hydrogen) atoms. The number of hydrogen-bond acceptors (Lipinski definition) is 10. The predicted octanol–water partition coefficient (Wildman–Crippen LogP) is 4.05. The maximum Gasteiger partial charge on any atom is 0.341 e. The summed E-state index contributed by atoms with van der Waals surface area (Å²) in [7, 11) is 2.93. The quantitative estimate of drug-likeness (QED) is 0.325. The number of esters is 2. The van der Waals surface area contributed by atoms with Crippen LogP contribution in [0.5, 0.6) is 0 Å². The van der Waals surface area contributed by atoms with Crippen LogP contribution < -0.4 is 10.1 Å². The average molecular weight is 606 g/mol. The topological polar surface area (TPSA) is 125 Å². The van der Waals surface area contributed by atoms with E-state index in [2.05, 4.69) is 10.3 Å². The van der Waals surface area contributed by atoms with Crippen molar-refractivity contribution in [3.63, 3.8) is 0 Å². The summed E-state index contributed by atoms with van der Waals surface area (Å²) >= 11 is 3.87. The minimum atomic E-state index is -0.448. The molecule has 0 fully saturated rings. The van der Waals surface area contributed by atoms with E-state index in [0.29, 0.717) is 34.1 Å².